The highest BCUT2D eigenvalue weighted by atomic mass is 32.1. The Labute approximate surface area is 207 Å². The highest BCUT2D eigenvalue weighted by Crippen LogP contribution is 2.33. The van der Waals surface area contributed by atoms with Crippen molar-refractivity contribution < 1.29 is 14.3 Å². The van der Waals surface area contributed by atoms with Crippen molar-refractivity contribution in [1.82, 2.24) is 14.9 Å². The number of fused-ring (bicyclic) bond motifs is 2. The molecule has 35 heavy (non-hydrogen) atoms. The highest BCUT2D eigenvalue weighted by Gasteiger charge is 2.20. The van der Waals surface area contributed by atoms with E-state index >= 15 is 0 Å². The van der Waals surface area contributed by atoms with E-state index in [0.29, 0.717) is 20.9 Å². The molecule has 2 aromatic heterocycles. The van der Waals surface area contributed by atoms with E-state index in [1.54, 1.807) is 26.6 Å². The number of rotatable bonds is 7. The summed E-state index contributed by atoms with van der Waals surface area (Å²) in [6, 6.07) is 12.1. The van der Waals surface area contributed by atoms with Crippen LogP contribution in [0.1, 0.15) is 26.4 Å². The number of nitrogens with two attached hydrogens (primary N) is 1. The van der Waals surface area contributed by atoms with E-state index in [0.717, 1.165) is 49.7 Å². The van der Waals surface area contributed by atoms with Crippen LogP contribution in [0.15, 0.2) is 48.8 Å². The number of nitrogens with one attached hydrogen (secondary N) is 1. The summed E-state index contributed by atoms with van der Waals surface area (Å²) in [4.78, 5) is 24.7. The van der Waals surface area contributed by atoms with Crippen LogP contribution in [0.2, 0.25) is 0 Å². The van der Waals surface area contributed by atoms with Crippen molar-refractivity contribution in [3.8, 4) is 11.5 Å². The maximum atomic E-state index is 12.7. The molecule has 0 saturated heterocycles. The molecule has 5 rings (SSSR count). The number of anilines is 2. The first-order valence-electron chi connectivity index (χ1n) is 11.4. The SMILES string of the molecule is COc1cc2c(cc1OC)CN(CCc1ccc(NC(=O)c3sc4nccnc4c3N)cc1)CC2. The number of hydrogen-bond acceptors (Lipinski definition) is 8. The van der Waals surface area contributed by atoms with Gasteiger partial charge < -0.3 is 20.5 Å². The van der Waals surface area contributed by atoms with Crippen LogP contribution >= 0.6 is 11.3 Å². The molecule has 3 N–H and O–H groups in total. The van der Waals surface area contributed by atoms with Gasteiger partial charge in [0, 0.05) is 37.7 Å². The van der Waals surface area contributed by atoms with Crippen LogP contribution < -0.4 is 20.5 Å². The Balaban J connectivity index is 1.18. The zero-order valence-electron chi connectivity index (χ0n) is 19.7. The summed E-state index contributed by atoms with van der Waals surface area (Å²) in [6.07, 6.45) is 5.09. The first kappa shape index (κ1) is 23.1. The third kappa shape index (κ3) is 4.78. The van der Waals surface area contributed by atoms with E-state index in [4.69, 9.17) is 15.2 Å². The average molecular weight is 490 g/mol. The van der Waals surface area contributed by atoms with Gasteiger partial charge in [-0.1, -0.05) is 12.1 Å². The lowest BCUT2D eigenvalue weighted by atomic mass is 9.98. The lowest BCUT2D eigenvalue weighted by molar-refractivity contribution is 0.103. The molecule has 0 saturated carbocycles. The fourth-order valence-corrected chi connectivity index (χ4v) is 5.29. The predicted octanol–water partition coefficient (Wildman–Crippen LogP) is 4.14. The third-order valence-corrected chi connectivity index (χ3v) is 7.40. The summed E-state index contributed by atoms with van der Waals surface area (Å²) < 4.78 is 10.9. The van der Waals surface area contributed by atoms with Gasteiger partial charge in [-0.25, -0.2) is 9.97 Å². The molecule has 2 aromatic carbocycles. The summed E-state index contributed by atoms with van der Waals surface area (Å²) in [5, 5.41) is 2.93. The van der Waals surface area contributed by atoms with E-state index in [9.17, 15) is 4.79 Å². The Morgan fingerprint density at radius 3 is 2.51 bits per heavy atom. The topological polar surface area (TPSA) is 103 Å². The number of benzene rings is 2. The van der Waals surface area contributed by atoms with Crippen LogP contribution in [0, 0.1) is 0 Å². The Morgan fingerprint density at radius 1 is 1.09 bits per heavy atom. The molecule has 0 aliphatic carbocycles. The largest absolute Gasteiger partial charge is 0.493 e. The molecule has 3 heterocycles. The number of ether oxygens (including phenoxy) is 2. The van der Waals surface area contributed by atoms with Crippen molar-refractivity contribution in [1.29, 1.82) is 0 Å². The van der Waals surface area contributed by atoms with Crippen LogP contribution in [-0.4, -0.2) is 48.1 Å². The van der Waals surface area contributed by atoms with Gasteiger partial charge in [0.05, 0.1) is 19.9 Å². The van der Waals surface area contributed by atoms with Crippen molar-refractivity contribution in [2.75, 3.05) is 38.4 Å². The maximum absolute atomic E-state index is 12.7. The number of nitrogens with zero attached hydrogens (tertiary/aromatic N) is 3. The van der Waals surface area contributed by atoms with E-state index < -0.39 is 0 Å². The average Bonchev–Trinajstić information content (AvgIpc) is 3.24. The zero-order chi connectivity index (χ0) is 24.4. The van der Waals surface area contributed by atoms with Crippen molar-refractivity contribution >= 4 is 39.0 Å². The summed E-state index contributed by atoms with van der Waals surface area (Å²) in [5.74, 6) is 1.31. The van der Waals surface area contributed by atoms with Gasteiger partial charge in [-0.3, -0.25) is 9.69 Å². The predicted molar refractivity (Wildman–Crippen MR) is 138 cm³/mol. The number of methoxy groups -OCH3 is 2. The van der Waals surface area contributed by atoms with E-state index in [2.05, 4.69) is 44.5 Å². The van der Waals surface area contributed by atoms with Crippen LogP contribution in [-0.2, 0) is 19.4 Å². The Bertz CT molecular complexity index is 1370. The molecule has 180 valence electrons. The lowest BCUT2D eigenvalue weighted by Crippen LogP contribution is -2.32. The van der Waals surface area contributed by atoms with Crippen molar-refractivity contribution in [3.63, 3.8) is 0 Å². The molecule has 4 aromatic rings. The van der Waals surface area contributed by atoms with E-state index in [1.165, 1.54) is 28.0 Å². The molecule has 1 aliphatic heterocycles. The quantitative estimate of drug-likeness (QED) is 0.402. The standard InChI is InChI=1S/C26H27N5O3S/c1-33-20-13-17-8-12-31(15-18(17)14-21(20)34-2)11-7-16-3-5-19(6-4-16)30-25(32)24-22(27)23-26(35-24)29-10-9-28-23/h3-6,9-10,13-14H,7-8,11-12,15,27H2,1-2H3,(H,30,32). The summed E-state index contributed by atoms with van der Waals surface area (Å²) >= 11 is 1.25. The summed E-state index contributed by atoms with van der Waals surface area (Å²) in [7, 11) is 3.34. The van der Waals surface area contributed by atoms with Crippen LogP contribution in [0.4, 0.5) is 11.4 Å². The van der Waals surface area contributed by atoms with Crippen LogP contribution in [0.25, 0.3) is 10.3 Å². The minimum atomic E-state index is -0.251. The van der Waals surface area contributed by atoms with Gasteiger partial charge in [0.1, 0.15) is 15.2 Å². The smallest absolute Gasteiger partial charge is 0.268 e. The minimum Gasteiger partial charge on any atom is -0.493 e. The molecule has 0 bridgehead atoms. The van der Waals surface area contributed by atoms with Crippen molar-refractivity contribution in [2.24, 2.45) is 0 Å². The lowest BCUT2D eigenvalue weighted by Gasteiger charge is -2.29. The number of carbonyl (C=O) groups is 1. The monoisotopic (exact) mass is 489 g/mol. The summed E-state index contributed by atoms with van der Waals surface area (Å²) in [5.41, 5.74) is 11.6. The molecular weight excluding hydrogens is 462 g/mol. The molecule has 0 spiro atoms. The second kappa shape index (κ2) is 9.89. The normalized spacial score (nSPS) is 13.4. The zero-order valence-corrected chi connectivity index (χ0v) is 20.5. The van der Waals surface area contributed by atoms with Gasteiger partial charge in [-0.05, 0) is 53.8 Å². The number of thiophene rings is 1. The fourth-order valence-electron chi connectivity index (χ4n) is 4.37. The first-order valence-corrected chi connectivity index (χ1v) is 12.2. The van der Waals surface area contributed by atoms with Crippen molar-refractivity contribution in [2.45, 2.75) is 19.4 Å². The molecule has 0 radical (unpaired) electrons. The molecular formula is C26H27N5O3S. The summed E-state index contributed by atoms with van der Waals surface area (Å²) in [6.45, 7) is 2.86. The molecule has 0 unspecified atom stereocenters. The van der Waals surface area contributed by atoms with Gasteiger partial charge in [0.25, 0.3) is 5.91 Å². The number of hydrogen-bond donors (Lipinski definition) is 2. The Hall–Kier alpha value is -3.69. The van der Waals surface area contributed by atoms with Gasteiger partial charge >= 0.3 is 0 Å². The van der Waals surface area contributed by atoms with Crippen LogP contribution in [0.5, 0.6) is 11.5 Å². The first-order chi connectivity index (χ1) is 17.1. The van der Waals surface area contributed by atoms with Gasteiger partial charge in [-0.15, -0.1) is 11.3 Å². The van der Waals surface area contributed by atoms with Crippen LogP contribution in [0.3, 0.4) is 0 Å². The van der Waals surface area contributed by atoms with E-state index in [1.807, 2.05) is 12.1 Å². The second-order valence-electron chi connectivity index (χ2n) is 8.46. The Morgan fingerprint density at radius 2 is 1.80 bits per heavy atom. The van der Waals surface area contributed by atoms with Gasteiger partial charge in [-0.2, -0.15) is 0 Å². The highest BCUT2D eigenvalue weighted by molar-refractivity contribution is 7.21. The van der Waals surface area contributed by atoms with Crippen molar-refractivity contribution in [3.05, 3.63) is 70.4 Å². The minimum absolute atomic E-state index is 0.251. The molecule has 0 fully saturated rings. The maximum Gasteiger partial charge on any atom is 0.268 e. The molecule has 1 aliphatic rings. The fraction of sp³-hybridized carbons (Fsp3) is 0.269. The van der Waals surface area contributed by atoms with Gasteiger partial charge in [0.2, 0.25) is 0 Å². The van der Waals surface area contributed by atoms with E-state index in [-0.39, 0.29) is 5.91 Å². The number of aromatic nitrogens is 2. The number of carbonyl (C=O) groups excluding carboxylic acids is 1. The molecule has 1 amide bonds. The third-order valence-electron chi connectivity index (χ3n) is 6.29. The van der Waals surface area contributed by atoms with Gasteiger partial charge in [0.15, 0.2) is 11.5 Å². The number of amides is 1. The molecule has 8 nitrogen and oxygen atoms in total. The molecule has 9 heteroatoms. The molecule has 0 atom stereocenters. The Kier molecular flexibility index (Phi) is 6.52. The second-order valence-corrected chi connectivity index (χ2v) is 9.46. The number of nitrogen functional groups attached to an aromatic ring is 1.